The molecule has 3 rings (SSSR count). The Bertz CT molecular complexity index is 665. The Balaban J connectivity index is 1.75. The van der Waals surface area contributed by atoms with E-state index in [-0.39, 0.29) is 12.1 Å². The predicted molar refractivity (Wildman–Crippen MR) is 86.1 cm³/mol. The van der Waals surface area contributed by atoms with Crippen LogP contribution in [-0.4, -0.2) is 29.2 Å². The van der Waals surface area contributed by atoms with Crippen molar-refractivity contribution in [1.82, 2.24) is 9.47 Å². The Morgan fingerprint density at radius 2 is 2.18 bits per heavy atom. The summed E-state index contributed by atoms with van der Waals surface area (Å²) in [5.74, 6) is 0.734. The Morgan fingerprint density at radius 1 is 1.32 bits per heavy atom. The van der Waals surface area contributed by atoms with Gasteiger partial charge in [-0.1, -0.05) is 6.07 Å². The second-order valence-electron chi connectivity index (χ2n) is 5.56. The van der Waals surface area contributed by atoms with Crippen LogP contribution in [0.25, 0.3) is 0 Å². The number of urea groups is 1. The van der Waals surface area contributed by atoms with E-state index in [0.717, 1.165) is 30.8 Å². The molecule has 1 N–H and O–H groups in total. The van der Waals surface area contributed by atoms with E-state index in [2.05, 4.69) is 16.0 Å². The van der Waals surface area contributed by atoms with Gasteiger partial charge in [-0.05, 0) is 37.1 Å². The zero-order valence-corrected chi connectivity index (χ0v) is 13.0. The van der Waals surface area contributed by atoms with Crippen LogP contribution in [0.15, 0.2) is 42.6 Å². The van der Waals surface area contributed by atoms with Gasteiger partial charge in [-0.25, -0.2) is 4.79 Å². The third kappa shape index (κ3) is 2.79. The minimum absolute atomic E-state index is 0.0584. The SMILES string of the molecule is COc1cccc(NC(=O)N2CCCC2c2cccn2C)c1. The van der Waals surface area contributed by atoms with Gasteiger partial charge in [-0.3, -0.25) is 0 Å². The third-order valence-corrected chi connectivity index (χ3v) is 4.16. The number of aryl methyl sites for hydroxylation is 1. The van der Waals surface area contributed by atoms with E-state index in [4.69, 9.17) is 4.74 Å². The minimum Gasteiger partial charge on any atom is -0.497 e. The average molecular weight is 299 g/mol. The van der Waals surface area contributed by atoms with E-state index in [0.29, 0.717) is 0 Å². The lowest BCUT2D eigenvalue weighted by atomic mass is 10.1. The number of rotatable bonds is 3. The first-order chi connectivity index (χ1) is 10.7. The van der Waals surface area contributed by atoms with Crippen molar-refractivity contribution in [3.63, 3.8) is 0 Å². The maximum Gasteiger partial charge on any atom is 0.322 e. The van der Waals surface area contributed by atoms with Gasteiger partial charge >= 0.3 is 6.03 Å². The number of hydrogen-bond acceptors (Lipinski definition) is 2. The lowest BCUT2D eigenvalue weighted by molar-refractivity contribution is 0.205. The van der Waals surface area contributed by atoms with Gasteiger partial charge in [0.05, 0.1) is 13.2 Å². The molecule has 2 aromatic rings. The number of nitrogens with one attached hydrogen (secondary N) is 1. The largest absolute Gasteiger partial charge is 0.497 e. The highest BCUT2D eigenvalue weighted by Gasteiger charge is 2.31. The van der Waals surface area contributed by atoms with Gasteiger partial charge in [0.1, 0.15) is 5.75 Å². The smallest absolute Gasteiger partial charge is 0.322 e. The summed E-state index contributed by atoms with van der Waals surface area (Å²) in [4.78, 5) is 14.5. The molecule has 0 spiro atoms. The number of likely N-dealkylation sites (tertiary alicyclic amines) is 1. The molecule has 1 saturated heterocycles. The second-order valence-corrected chi connectivity index (χ2v) is 5.56. The van der Waals surface area contributed by atoms with E-state index in [9.17, 15) is 4.79 Å². The van der Waals surface area contributed by atoms with Crippen molar-refractivity contribution in [2.75, 3.05) is 19.0 Å². The highest BCUT2D eigenvalue weighted by Crippen LogP contribution is 2.32. The summed E-state index contributed by atoms with van der Waals surface area (Å²) in [6.07, 6.45) is 4.05. The molecule has 1 aromatic carbocycles. The first-order valence-electron chi connectivity index (χ1n) is 7.52. The molecule has 22 heavy (non-hydrogen) atoms. The van der Waals surface area contributed by atoms with E-state index >= 15 is 0 Å². The Kier molecular flexibility index (Phi) is 4.04. The molecule has 1 aromatic heterocycles. The number of carbonyl (C=O) groups excluding carboxylic acids is 1. The average Bonchev–Trinajstić information content (AvgIpc) is 3.15. The van der Waals surface area contributed by atoms with Crippen LogP contribution in [-0.2, 0) is 7.05 Å². The number of carbonyl (C=O) groups is 1. The molecular weight excluding hydrogens is 278 g/mol. The van der Waals surface area contributed by atoms with Crippen LogP contribution in [0.2, 0.25) is 0 Å². The number of aromatic nitrogens is 1. The molecule has 1 fully saturated rings. The molecule has 116 valence electrons. The summed E-state index contributed by atoms with van der Waals surface area (Å²) >= 11 is 0. The van der Waals surface area contributed by atoms with Crippen molar-refractivity contribution in [3.8, 4) is 5.75 Å². The van der Waals surface area contributed by atoms with Gasteiger partial charge in [-0.2, -0.15) is 0 Å². The van der Waals surface area contributed by atoms with Gasteiger partial charge in [0.25, 0.3) is 0 Å². The van der Waals surface area contributed by atoms with Crippen LogP contribution in [0.3, 0.4) is 0 Å². The van der Waals surface area contributed by atoms with Crippen molar-refractivity contribution >= 4 is 11.7 Å². The molecule has 1 aliphatic heterocycles. The molecule has 0 saturated carbocycles. The minimum atomic E-state index is -0.0584. The summed E-state index contributed by atoms with van der Waals surface area (Å²) < 4.78 is 7.27. The fourth-order valence-electron chi connectivity index (χ4n) is 3.03. The Morgan fingerprint density at radius 3 is 2.91 bits per heavy atom. The van der Waals surface area contributed by atoms with Crippen molar-refractivity contribution in [2.45, 2.75) is 18.9 Å². The maximum atomic E-state index is 12.6. The first-order valence-corrected chi connectivity index (χ1v) is 7.52. The molecular formula is C17H21N3O2. The number of methoxy groups -OCH3 is 1. The summed E-state index contributed by atoms with van der Waals surface area (Å²) in [7, 11) is 3.64. The Hall–Kier alpha value is -2.43. The molecule has 0 aliphatic carbocycles. The van der Waals surface area contributed by atoms with E-state index in [1.54, 1.807) is 7.11 Å². The number of ether oxygens (including phenoxy) is 1. The Labute approximate surface area is 130 Å². The first kappa shape index (κ1) is 14.5. The molecule has 1 aliphatic rings. The van der Waals surface area contributed by atoms with Gasteiger partial charge < -0.3 is 19.5 Å². The lowest BCUT2D eigenvalue weighted by Crippen LogP contribution is -2.35. The summed E-state index contributed by atoms with van der Waals surface area (Å²) in [6.45, 7) is 0.783. The van der Waals surface area contributed by atoms with Gasteiger partial charge in [0.2, 0.25) is 0 Å². The second kappa shape index (κ2) is 6.13. The van der Waals surface area contributed by atoms with Gasteiger partial charge in [-0.15, -0.1) is 0 Å². The van der Waals surface area contributed by atoms with Crippen LogP contribution < -0.4 is 10.1 Å². The molecule has 5 nitrogen and oxygen atoms in total. The number of amides is 2. The van der Waals surface area contributed by atoms with Gasteiger partial charge in [0.15, 0.2) is 0 Å². The normalized spacial score (nSPS) is 17.5. The molecule has 0 radical (unpaired) electrons. The molecule has 2 amide bonds. The van der Waals surface area contributed by atoms with Gasteiger partial charge in [0, 0.05) is 37.2 Å². The van der Waals surface area contributed by atoms with Crippen LogP contribution >= 0.6 is 0 Å². The fraction of sp³-hybridized carbons (Fsp3) is 0.353. The van der Waals surface area contributed by atoms with Crippen molar-refractivity contribution in [2.24, 2.45) is 7.05 Å². The van der Waals surface area contributed by atoms with Crippen molar-refractivity contribution < 1.29 is 9.53 Å². The number of hydrogen-bond donors (Lipinski definition) is 1. The number of nitrogens with zero attached hydrogens (tertiary/aromatic N) is 2. The zero-order chi connectivity index (χ0) is 15.5. The quantitative estimate of drug-likeness (QED) is 0.944. The van der Waals surface area contributed by atoms with Crippen LogP contribution in [0, 0.1) is 0 Å². The number of benzene rings is 1. The lowest BCUT2D eigenvalue weighted by Gasteiger charge is -2.25. The van der Waals surface area contributed by atoms with Crippen LogP contribution in [0.1, 0.15) is 24.6 Å². The van der Waals surface area contributed by atoms with Crippen LogP contribution in [0.4, 0.5) is 10.5 Å². The molecule has 2 heterocycles. The fourth-order valence-corrected chi connectivity index (χ4v) is 3.03. The highest BCUT2D eigenvalue weighted by molar-refractivity contribution is 5.90. The summed E-state index contributed by atoms with van der Waals surface area (Å²) in [5.41, 5.74) is 1.93. The predicted octanol–water partition coefficient (Wildman–Crippen LogP) is 3.40. The molecule has 0 bridgehead atoms. The maximum absolute atomic E-state index is 12.6. The third-order valence-electron chi connectivity index (χ3n) is 4.16. The monoisotopic (exact) mass is 299 g/mol. The van der Waals surface area contributed by atoms with E-state index < -0.39 is 0 Å². The van der Waals surface area contributed by atoms with Crippen LogP contribution in [0.5, 0.6) is 5.75 Å². The topological polar surface area (TPSA) is 46.5 Å². The summed E-state index contributed by atoms with van der Waals surface area (Å²) in [6, 6.07) is 11.6. The van der Waals surface area contributed by atoms with Crippen molar-refractivity contribution in [3.05, 3.63) is 48.3 Å². The number of anilines is 1. The van der Waals surface area contributed by atoms with E-state index in [1.807, 2.05) is 48.5 Å². The standard InChI is InChI=1S/C17H21N3O2/c1-19-10-4-8-15(19)16-9-5-11-20(16)17(21)18-13-6-3-7-14(12-13)22-2/h3-4,6-8,10,12,16H,5,9,11H2,1-2H3,(H,18,21). The van der Waals surface area contributed by atoms with E-state index in [1.165, 1.54) is 5.69 Å². The molecule has 5 heteroatoms. The molecule has 1 atom stereocenters. The zero-order valence-electron chi connectivity index (χ0n) is 13.0. The molecule has 1 unspecified atom stereocenters. The van der Waals surface area contributed by atoms with Crippen molar-refractivity contribution in [1.29, 1.82) is 0 Å². The highest BCUT2D eigenvalue weighted by atomic mass is 16.5. The summed E-state index contributed by atoms with van der Waals surface area (Å²) in [5, 5.41) is 2.97.